The first-order chi connectivity index (χ1) is 7.58. The van der Waals surface area contributed by atoms with Gasteiger partial charge in [0.15, 0.2) is 0 Å². The summed E-state index contributed by atoms with van der Waals surface area (Å²) in [5.74, 6) is 0.950. The fourth-order valence-corrected chi connectivity index (χ4v) is 1.68. The lowest BCUT2D eigenvalue weighted by atomic mass is 10.2. The number of nitrogens with zero attached hydrogens (tertiary/aromatic N) is 2. The molecule has 16 heavy (non-hydrogen) atoms. The van der Waals surface area contributed by atoms with Crippen molar-refractivity contribution in [1.29, 1.82) is 0 Å². The highest BCUT2D eigenvalue weighted by Crippen LogP contribution is 2.30. The Morgan fingerprint density at radius 2 is 2.31 bits per heavy atom. The molecule has 0 saturated heterocycles. The van der Waals surface area contributed by atoms with Crippen molar-refractivity contribution in [2.75, 3.05) is 5.32 Å². The molecule has 0 spiro atoms. The van der Waals surface area contributed by atoms with Crippen molar-refractivity contribution < 1.29 is 4.79 Å². The monoisotopic (exact) mass is 221 g/mol. The third kappa shape index (κ3) is 2.43. The molecule has 1 N–H and O–H groups in total. The predicted octanol–water partition coefficient (Wildman–Crippen LogP) is 2.20. The van der Waals surface area contributed by atoms with Crippen LogP contribution in [0.1, 0.15) is 32.4 Å². The van der Waals surface area contributed by atoms with E-state index >= 15 is 0 Å². The summed E-state index contributed by atoms with van der Waals surface area (Å²) in [5, 5.41) is 7.23. The largest absolute Gasteiger partial charge is 0.323 e. The summed E-state index contributed by atoms with van der Waals surface area (Å²) in [5.41, 5.74) is 1.90. The number of carbonyl (C=O) groups is 1. The van der Waals surface area contributed by atoms with Crippen LogP contribution in [0, 0.1) is 18.8 Å². The zero-order valence-corrected chi connectivity index (χ0v) is 10.2. The van der Waals surface area contributed by atoms with Gasteiger partial charge in [0.05, 0.1) is 17.6 Å². The maximum Gasteiger partial charge on any atom is 0.227 e. The van der Waals surface area contributed by atoms with Crippen LogP contribution >= 0.6 is 0 Å². The Morgan fingerprint density at radius 1 is 1.62 bits per heavy atom. The summed E-state index contributed by atoms with van der Waals surface area (Å²) in [7, 11) is 0. The van der Waals surface area contributed by atoms with E-state index in [4.69, 9.17) is 0 Å². The predicted molar refractivity (Wildman–Crippen MR) is 63.2 cm³/mol. The Balaban J connectivity index is 2.04. The molecular formula is C12H19N3O. The van der Waals surface area contributed by atoms with Crippen molar-refractivity contribution in [2.24, 2.45) is 11.8 Å². The van der Waals surface area contributed by atoms with Crippen LogP contribution in [0.5, 0.6) is 0 Å². The molecule has 0 bridgehead atoms. The van der Waals surface area contributed by atoms with Crippen LogP contribution in [-0.4, -0.2) is 15.7 Å². The van der Waals surface area contributed by atoms with Gasteiger partial charge >= 0.3 is 0 Å². The molecule has 88 valence electrons. The first kappa shape index (κ1) is 11.2. The van der Waals surface area contributed by atoms with Crippen LogP contribution in [0.15, 0.2) is 6.20 Å². The molecule has 1 amide bonds. The average molecular weight is 221 g/mol. The van der Waals surface area contributed by atoms with Gasteiger partial charge in [-0.15, -0.1) is 0 Å². The normalized spacial score (nSPS) is 15.5. The van der Waals surface area contributed by atoms with E-state index in [1.807, 2.05) is 11.6 Å². The van der Waals surface area contributed by atoms with Crippen molar-refractivity contribution >= 4 is 11.6 Å². The molecule has 0 aliphatic heterocycles. The average Bonchev–Trinajstić information content (AvgIpc) is 2.99. The SMILES string of the molecule is Cc1c(NC(=O)C2CC2)cnn1CC(C)C. The Labute approximate surface area is 96.0 Å². The molecule has 0 unspecified atom stereocenters. The van der Waals surface area contributed by atoms with E-state index < -0.39 is 0 Å². The van der Waals surface area contributed by atoms with Crippen molar-refractivity contribution in [2.45, 2.75) is 40.2 Å². The number of hydrogen-bond acceptors (Lipinski definition) is 2. The van der Waals surface area contributed by atoms with Crippen LogP contribution in [0.2, 0.25) is 0 Å². The van der Waals surface area contributed by atoms with Crippen molar-refractivity contribution in [3.05, 3.63) is 11.9 Å². The summed E-state index contributed by atoms with van der Waals surface area (Å²) in [6, 6.07) is 0. The van der Waals surface area contributed by atoms with E-state index in [1.54, 1.807) is 6.20 Å². The van der Waals surface area contributed by atoms with Crippen LogP contribution in [0.4, 0.5) is 5.69 Å². The van der Waals surface area contributed by atoms with E-state index in [-0.39, 0.29) is 11.8 Å². The second-order valence-corrected chi connectivity index (χ2v) is 4.98. The van der Waals surface area contributed by atoms with Gasteiger partial charge in [-0.2, -0.15) is 5.10 Å². The van der Waals surface area contributed by atoms with E-state index in [1.165, 1.54) is 0 Å². The zero-order chi connectivity index (χ0) is 11.7. The number of anilines is 1. The van der Waals surface area contributed by atoms with Crippen LogP contribution in [0.25, 0.3) is 0 Å². The molecule has 1 fully saturated rings. The molecule has 4 nitrogen and oxygen atoms in total. The summed E-state index contributed by atoms with van der Waals surface area (Å²) in [4.78, 5) is 11.6. The maximum absolute atomic E-state index is 11.6. The highest BCUT2D eigenvalue weighted by molar-refractivity contribution is 5.94. The minimum atomic E-state index is 0.146. The summed E-state index contributed by atoms with van der Waals surface area (Å²) >= 11 is 0. The van der Waals surface area contributed by atoms with Gasteiger partial charge in [-0.05, 0) is 25.7 Å². The summed E-state index contributed by atoms with van der Waals surface area (Å²) in [6.07, 6.45) is 3.81. The fraction of sp³-hybridized carbons (Fsp3) is 0.667. The van der Waals surface area contributed by atoms with Gasteiger partial charge in [-0.1, -0.05) is 13.8 Å². The third-order valence-corrected chi connectivity index (χ3v) is 2.85. The van der Waals surface area contributed by atoms with Crippen LogP contribution < -0.4 is 5.32 Å². The van der Waals surface area contributed by atoms with E-state index in [9.17, 15) is 4.79 Å². The van der Waals surface area contributed by atoms with Gasteiger partial charge in [0.1, 0.15) is 0 Å². The van der Waals surface area contributed by atoms with E-state index in [2.05, 4.69) is 24.3 Å². The number of aromatic nitrogens is 2. The number of hydrogen-bond donors (Lipinski definition) is 1. The van der Waals surface area contributed by atoms with Gasteiger partial charge in [0, 0.05) is 12.5 Å². The number of amides is 1. The van der Waals surface area contributed by atoms with Gasteiger partial charge in [0.2, 0.25) is 5.91 Å². The number of rotatable bonds is 4. The van der Waals surface area contributed by atoms with Gasteiger partial charge in [0.25, 0.3) is 0 Å². The fourth-order valence-electron chi connectivity index (χ4n) is 1.68. The van der Waals surface area contributed by atoms with Crippen LogP contribution in [0.3, 0.4) is 0 Å². The molecule has 1 aliphatic carbocycles. The van der Waals surface area contributed by atoms with Crippen molar-refractivity contribution in [3.8, 4) is 0 Å². The molecule has 1 aromatic heterocycles. The smallest absolute Gasteiger partial charge is 0.227 e. The van der Waals surface area contributed by atoms with Gasteiger partial charge in [-0.3, -0.25) is 9.48 Å². The van der Waals surface area contributed by atoms with Crippen molar-refractivity contribution in [1.82, 2.24) is 9.78 Å². The second-order valence-electron chi connectivity index (χ2n) is 4.98. The Bertz CT molecular complexity index is 391. The highest BCUT2D eigenvalue weighted by atomic mass is 16.2. The lowest BCUT2D eigenvalue weighted by Gasteiger charge is -2.08. The first-order valence-electron chi connectivity index (χ1n) is 5.91. The second kappa shape index (κ2) is 4.28. The van der Waals surface area contributed by atoms with Crippen molar-refractivity contribution in [3.63, 3.8) is 0 Å². The molecule has 0 aromatic carbocycles. The van der Waals surface area contributed by atoms with E-state index in [0.717, 1.165) is 30.8 Å². The Kier molecular flexibility index (Phi) is 2.99. The van der Waals surface area contributed by atoms with Crippen LogP contribution in [-0.2, 0) is 11.3 Å². The molecule has 1 aliphatic rings. The van der Waals surface area contributed by atoms with E-state index in [0.29, 0.717) is 5.92 Å². The molecule has 4 heteroatoms. The molecule has 1 aromatic rings. The first-order valence-corrected chi connectivity index (χ1v) is 5.91. The molecule has 1 heterocycles. The topological polar surface area (TPSA) is 46.9 Å². The standard InChI is InChI=1S/C12H19N3O/c1-8(2)7-15-9(3)11(6-13-15)14-12(16)10-4-5-10/h6,8,10H,4-5,7H2,1-3H3,(H,14,16). The number of nitrogens with one attached hydrogen (secondary N) is 1. The summed E-state index contributed by atoms with van der Waals surface area (Å²) < 4.78 is 1.95. The van der Waals surface area contributed by atoms with Gasteiger partial charge < -0.3 is 5.32 Å². The Morgan fingerprint density at radius 3 is 2.88 bits per heavy atom. The number of carbonyl (C=O) groups excluding carboxylic acids is 1. The maximum atomic E-state index is 11.6. The lowest BCUT2D eigenvalue weighted by molar-refractivity contribution is -0.117. The minimum Gasteiger partial charge on any atom is -0.323 e. The molecular weight excluding hydrogens is 202 g/mol. The molecule has 0 atom stereocenters. The molecule has 0 radical (unpaired) electrons. The molecule has 2 rings (SSSR count). The third-order valence-electron chi connectivity index (χ3n) is 2.85. The zero-order valence-electron chi connectivity index (χ0n) is 10.2. The minimum absolute atomic E-state index is 0.146. The molecule has 1 saturated carbocycles. The lowest BCUT2D eigenvalue weighted by Crippen LogP contribution is -2.14. The van der Waals surface area contributed by atoms with Gasteiger partial charge in [-0.25, -0.2) is 0 Å². The summed E-state index contributed by atoms with van der Waals surface area (Å²) in [6.45, 7) is 7.20. The Hall–Kier alpha value is -1.32. The highest BCUT2D eigenvalue weighted by Gasteiger charge is 2.30. The quantitative estimate of drug-likeness (QED) is 0.847.